The monoisotopic (exact) mass is 403 g/mol. The van der Waals surface area contributed by atoms with Crippen molar-refractivity contribution in [3.8, 4) is 0 Å². The van der Waals surface area contributed by atoms with Gasteiger partial charge in [0.25, 0.3) is 0 Å². The quantitative estimate of drug-likeness (QED) is 0.635. The molecule has 0 aliphatic carbocycles. The lowest BCUT2D eigenvalue weighted by Gasteiger charge is -2.28. The Balaban J connectivity index is 1.88. The Labute approximate surface area is 166 Å². The maximum absolute atomic E-state index is 12.2. The zero-order chi connectivity index (χ0) is 20.3. The standard InChI is InChI=1S/C18H21N5O4S/c1-9-13(16(24)27-4)14(21-17(25)19-9)11-6-5-7-12(8-11)20-18-23-22-15(28-18)10(2)26-3/h5-8,10,14H,1-4H3,(H,20,23)(H2,19,21,25). The molecule has 0 bridgehead atoms. The van der Waals surface area contributed by atoms with Crippen LogP contribution in [0.3, 0.4) is 0 Å². The summed E-state index contributed by atoms with van der Waals surface area (Å²) in [5.74, 6) is -0.504. The number of esters is 1. The second-order valence-corrected chi connectivity index (χ2v) is 7.14. The number of anilines is 2. The van der Waals surface area contributed by atoms with Crippen molar-refractivity contribution in [2.45, 2.75) is 26.0 Å². The molecule has 0 spiro atoms. The molecule has 0 saturated heterocycles. The van der Waals surface area contributed by atoms with E-state index in [1.807, 2.05) is 31.2 Å². The van der Waals surface area contributed by atoms with Gasteiger partial charge >= 0.3 is 12.0 Å². The first-order valence-corrected chi connectivity index (χ1v) is 9.34. The predicted octanol–water partition coefficient (Wildman–Crippen LogP) is 2.79. The van der Waals surface area contributed by atoms with Crippen LogP contribution in [0.25, 0.3) is 0 Å². The van der Waals surface area contributed by atoms with Crippen molar-refractivity contribution < 1.29 is 19.1 Å². The van der Waals surface area contributed by atoms with Gasteiger partial charge in [-0.05, 0) is 31.5 Å². The number of allylic oxidation sites excluding steroid dienone is 1. The summed E-state index contributed by atoms with van der Waals surface area (Å²) in [5, 5.41) is 18.2. The lowest BCUT2D eigenvalue weighted by atomic mass is 9.95. The Kier molecular flexibility index (Phi) is 5.90. The molecule has 0 fully saturated rings. The van der Waals surface area contributed by atoms with Gasteiger partial charge in [0.15, 0.2) is 0 Å². The molecule has 2 unspecified atom stereocenters. The van der Waals surface area contributed by atoms with Gasteiger partial charge in [0.2, 0.25) is 5.13 Å². The molecule has 1 aromatic heterocycles. The molecule has 1 aromatic carbocycles. The largest absolute Gasteiger partial charge is 0.466 e. The Hall–Kier alpha value is -2.98. The van der Waals surface area contributed by atoms with Crippen molar-refractivity contribution in [2.24, 2.45) is 0 Å². The molecule has 148 valence electrons. The SMILES string of the molecule is COC(=O)C1=C(C)NC(=O)NC1c1cccc(Nc2nnc(C(C)OC)s2)c1. The lowest BCUT2D eigenvalue weighted by molar-refractivity contribution is -0.136. The van der Waals surface area contributed by atoms with Crippen molar-refractivity contribution in [3.05, 3.63) is 46.1 Å². The summed E-state index contributed by atoms with van der Waals surface area (Å²) in [5.41, 5.74) is 2.29. The average Bonchev–Trinajstić information content (AvgIpc) is 3.15. The zero-order valence-corrected chi connectivity index (χ0v) is 16.7. The van der Waals surface area contributed by atoms with E-state index in [4.69, 9.17) is 9.47 Å². The van der Waals surface area contributed by atoms with Gasteiger partial charge in [-0.1, -0.05) is 23.5 Å². The van der Waals surface area contributed by atoms with E-state index < -0.39 is 12.0 Å². The van der Waals surface area contributed by atoms with E-state index in [-0.39, 0.29) is 12.1 Å². The van der Waals surface area contributed by atoms with Crippen LogP contribution in [-0.4, -0.2) is 36.4 Å². The maximum Gasteiger partial charge on any atom is 0.337 e. The Morgan fingerprint density at radius 2 is 2.11 bits per heavy atom. The van der Waals surface area contributed by atoms with Gasteiger partial charge in [-0.15, -0.1) is 10.2 Å². The van der Waals surface area contributed by atoms with Gasteiger partial charge in [-0.25, -0.2) is 9.59 Å². The summed E-state index contributed by atoms with van der Waals surface area (Å²) >= 11 is 1.39. The predicted molar refractivity (Wildman–Crippen MR) is 104 cm³/mol. The number of carbonyl (C=O) groups is 2. The van der Waals surface area contributed by atoms with Crippen LogP contribution in [-0.2, 0) is 14.3 Å². The normalized spacial score (nSPS) is 17.6. The number of urea groups is 1. The van der Waals surface area contributed by atoms with E-state index in [0.29, 0.717) is 16.4 Å². The molecule has 1 aliphatic rings. The van der Waals surface area contributed by atoms with Gasteiger partial charge < -0.3 is 25.4 Å². The number of amides is 2. The van der Waals surface area contributed by atoms with Crippen LogP contribution >= 0.6 is 11.3 Å². The summed E-state index contributed by atoms with van der Waals surface area (Å²) in [4.78, 5) is 24.2. The number of carbonyl (C=O) groups excluding carboxylic acids is 2. The highest BCUT2D eigenvalue weighted by Crippen LogP contribution is 2.31. The Morgan fingerprint density at radius 1 is 1.32 bits per heavy atom. The second-order valence-electron chi connectivity index (χ2n) is 6.14. The number of nitrogens with zero attached hydrogens (tertiary/aromatic N) is 2. The van der Waals surface area contributed by atoms with Gasteiger partial charge in [-0.2, -0.15) is 0 Å². The molecule has 9 nitrogen and oxygen atoms in total. The molecular weight excluding hydrogens is 382 g/mol. The van der Waals surface area contributed by atoms with Crippen LogP contribution in [0.15, 0.2) is 35.5 Å². The third-order valence-electron chi connectivity index (χ3n) is 4.29. The fourth-order valence-electron chi connectivity index (χ4n) is 2.79. The minimum atomic E-state index is -0.624. The highest BCUT2D eigenvalue weighted by molar-refractivity contribution is 7.15. The fourth-order valence-corrected chi connectivity index (χ4v) is 3.59. The van der Waals surface area contributed by atoms with Crippen LogP contribution in [0.4, 0.5) is 15.6 Å². The lowest BCUT2D eigenvalue weighted by Crippen LogP contribution is -2.45. The van der Waals surface area contributed by atoms with Crippen molar-refractivity contribution in [2.75, 3.05) is 19.5 Å². The number of benzene rings is 1. The third kappa shape index (κ3) is 4.12. The molecular formula is C18H21N5O4S. The molecule has 10 heteroatoms. The van der Waals surface area contributed by atoms with Crippen LogP contribution < -0.4 is 16.0 Å². The Bertz CT molecular complexity index is 926. The molecule has 3 rings (SSSR count). The van der Waals surface area contributed by atoms with E-state index in [1.165, 1.54) is 18.4 Å². The molecule has 0 radical (unpaired) electrons. The number of rotatable bonds is 6. The van der Waals surface area contributed by atoms with Gasteiger partial charge in [0.1, 0.15) is 11.1 Å². The summed E-state index contributed by atoms with van der Waals surface area (Å²) < 4.78 is 10.1. The van der Waals surface area contributed by atoms with Crippen LogP contribution in [0, 0.1) is 0 Å². The van der Waals surface area contributed by atoms with Crippen LogP contribution in [0.5, 0.6) is 0 Å². The van der Waals surface area contributed by atoms with Crippen molar-refractivity contribution in [3.63, 3.8) is 0 Å². The van der Waals surface area contributed by atoms with E-state index in [1.54, 1.807) is 14.0 Å². The zero-order valence-electron chi connectivity index (χ0n) is 15.9. The molecule has 1 aliphatic heterocycles. The number of aromatic nitrogens is 2. The van der Waals surface area contributed by atoms with Crippen molar-refractivity contribution in [1.29, 1.82) is 0 Å². The number of hydrogen-bond acceptors (Lipinski definition) is 8. The molecule has 2 amide bonds. The minimum Gasteiger partial charge on any atom is -0.466 e. The van der Waals surface area contributed by atoms with E-state index in [2.05, 4.69) is 26.1 Å². The number of ether oxygens (including phenoxy) is 2. The highest BCUT2D eigenvalue weighted by atomic mass is 32.1. The molecule has 2 aromatic rings. The number of nitrogens with one attached hydrogen (secondary N) is 3. The van der Waals surface area contributed by atoms with Crippen LogP contribution in [0.1, 0.15) is 36.6 Å². The first kappa shape index (κ1) is 19.8. The maximum atomic E-state index is 12.2. The first-order chi connectivity index (χ1) is 13.4. The summed E-state index contributed by atoms with van der Waals surface area (Å²) in [6.45, 7) is 3.56. The average molecular weight is 403 g/mol. The molecule has 0 saturated carbocycles. The molecule has 28 heavy (non-hydrogen) atoms. The van der Waals surface area contributed by atoms with Gasteiger partial charge in [-0.3, -0.25) is 0 Å². The minimum absolute atomic E-state index is 0.139. The van der Waals surface area contributed by atoms with Gasteiger partial charge in [0.05, 0.1) is 18.7 Å². The molecule has 2 heterocycles. The summed E-state index contributed by atoms with van der Waals surface area (Å²) in [6, 6.07) is 6.36. The van der Waals surface area contributed by atoms with E-state index >= 15 is 0 Å². The smallest absolute Gasteiger partial charge is 0.337 e. The fraction of sp³-hybridized carbons (Fsp3) is 0.333. The van der Waals surface area contributed by atoms with Crippen LogP contribution in [0.2, 0.25) is 0 Å². The molecule has 2 atom stereocenters. The van der Waals surface area contributed by atoms with E-state index in [0.717, 1.165) is 16.3 Å². The number of methoxy groups -OCH3 is 2. The summed E-state index contributed by atoms with van der Waals surface area (Å²) in [7, 11) is 2.92. The van der Waals surface area contributed by atoms with Gasteiger partial charge in [0, 0.05) is 18.5 Å². The highest BCUT2D eigenvalue weighted by Gasteiger charge is 2.31. The van der Waals surface area contributed by atoms with E-state index in [9.17, 15) is 9.59 Å². The van der Waals surface area contributed by atoms with Crippen molar-refractivity contribution >= 4 is 34.2 Å². The summed E-state index contributed by atoms with van der Waals surface area (Å²) in [6.07, 6.45) is -0.139. The topological polar surface area (TPSA) is 114 Å². The third-order valence-corrected chi connectivity index (χ3v) is 5.29. The Morgan fingerprint density at radius 3 is 2.82 bits per heavy atom. The second kappa shape index (κ2) is 8.36. The first-order valence-electron chi connectivity index (χ1n) is 8.52. The number of hydrogen-bond donors (Lipinski definition) is 3. The molecule has 3 N–H and O–H groups in total. The van der Waals surface area contributed by atoms with Crippen molar-refractivity contribution in [1.82, 2.24) is 20.8 Å².